The third-order valence-corrected chi connectivity index (χ3v) is 4.02. The summed E-state index contributed by atoms with van der Waals surface area (Å²) in [5.41, 5.74) is 0. The van der Waals surface area contributed by atoms with Crippen LogP contribution in [0.4, 0.5) is 0 Å². The number of hydrogen-bond acceptors (Lipinski definition) is 4. The maximum Gasteiger partial charge on any atom is 0.243 e. The van der Waals surface area contributed by atoms with Gasteiger partial charge in [-0.05, 0) is 23.7 Å². The molecule has 110 valence electrons. The van der Waals surface area contributed by atoms with Crippen molar-refractivity contribution in [3.8, 4) is 10.7 Å². The second kappa shape index (κ2) is 7.14. The van der Waals surface area contributed by atoms with Crippen LogP contribution in [0.2, 0.25) is 0 Å². The first-order valence-electron chi connectivity index (χ1n) is 6.36. The Morgan fingerprint density at radius 3 is 2.76 bits per heavy atom. The zero-order valence-electron chi connectivity index (χ0n) is 11.5. The number of carbonyl (C=O) groups excluding carboxylic acids is 1. The molecule has 0 spiro atoms. The zero-order chi connectivity index (χ0) is 15.2. The molecule has 2 heterocycles. The van der Waals surface area contributed by atoms with Gasteiger partial charge < -0.3 is 4.90 Å². The molecule has 0 fully saturated rings. The quantitative estimate of drug-likeness (QED) is 0.630. The molecule has 0 aliphatic carbocycles. The number of aromatic nitrogens is 3. The van der Waals surface area contributed by atoms with Gasteiger partial charge in [0.1, 0.15) is 6.54 Å². The molecule has 2 aromatic rings. The standard InChI is InChI=1S/C14H16N4OS2/c1-3-7-17(8-4-2)12(19)10-18-13(15-16-14(18)20)11-6-5-9-21-11/h3-6,9H,1-2,7-8,10H2,(H,16,20). The molecule has 7 heteroatoms. The molecular weight excluding hydrogens is 304 g/mol. The van der Waals surface area contributed by atoms with Crippen LogP contribution < -0.4 is 0 Å². The van der Waals surface area contributed by atoms with Crippen LogP contribution in [0.5, 0.6) is 0 Å². The highest BCUT2D eigenvalue weighted by atomic mass is 32.1. The first-order valence-corrected chi connectivity index (χ1v) is 7.64. The first-order chi connectivity index (χ1) is 10.2. The predicted octanol–water partition coefficient (Wildman–Crippen LogP) is 2.87. The molecule has 0 bridgehead atoms. The van der Waals surface area contributed by atoms with Crippen LogP contribution in [0.25, 0.3) is 10.7 Å². The molecule has 5 nitrogen and oxygen atoms in total. The Kier molecular flexibility index (Phi) is 5.24. The van der Waals surface area contributed by atoms with E-state index in [-0.39, 0.29) is 12.5 Å². The van der Waals surface area contributed by atoms with E-state index < -0.39 is 0 Å². The number of nitrogens with zero attached hydrogens (tertiary/aromatic N) is 3. The van der Waals surface area contributed by atoms with Crippen LogP contribution in [0, 0.1) is 4.77 Å². The van der Waals surface area contributed by atoms with Crippen LogP contribution >= 0.6 is 23.6 Å². The summed E-state index contributed by atoms with van der Waals surface area (Å²) in [6, 6.07) is 3.88. The molecule has 1 amide bonds. The predicted molar refractivity (Wildman–Crippen MR) is 87.7 cm³/mol. The van der Waals surface area contributed by atoms with E-state index in [0.29, 0.717) is 23.7 Å². The van der Waals surface area contributed by atoms with Gasteiger partial charge >= 0.3 is 0 Å². The second-order valence-corrected chi connectivity index (χ2v) is 5.63. The van der Waals surface area contributed by atoms with Gasteiger partial charge in [0.05, 0.1) is 4.88 Å². The molecule has 0 saturated heterocycles. The minimum Gasteiger partial charge on any atom is -0.334 e. The summed E-state index contributed by atoms with van der Waals surface area (Å²) in [5, 5.41) is 8.91. The molecule has 2 rings (SSSR count). The fourth-order valence-electron chi connectivity index (χ4n) is 1.88. The van der Waals surface area contributed by atoms with E-state index in [2.05, 4.69) is 23.4 Å². The number of carbonyl (C=O) groups is 1. The summed E-state index contributed by atoms with van der Waals surface area (Å²) >= 11 is 6.77. The van der Waals surface area contributed by atoms with Gasteiger partial charge in [-0.3, -0.25) is 14.5 Å². The third kappa shape index (κ3) is 3.56. The lowest BCUT2D eigenvalue weighted by molar-refractivity contribution is -0.130. The van der Waals surface area contributed by atoms with Crippen LogP contribution in [-0.2, 0) is 11.3 Å². The topological polar surface area (TPSA) is 53.9 Å². The van der Waals surface area contributed by atoms with E-state index in [4.69, 9.17) is 12.2 Å². The lowest BCUT2D eigenvalue weighted by Crippen LogP contribution is -2.34. The Balaban J connectivity index is 2.25. The molecule has 1 N–H and O–H groups in total. The van der Waals surface area contributed by atoms with Crippen LogP contribution in [0.15, 0.2) is 42.8 Å². The lowest BCUT2D eigenvalue weighted by atomic mass is 10.4. The van der Waals surface area contributed by atoms with Gasteiger partial charge in [-0.2, -0.15) is 5.10 Å². The number of nitrogens with one attached hydrogen (secondary N) is 1. The molecule has 0 unspecified atom stereocenters. The summed E-state index contributed by atoms with van der Waals surface area (Å²) in [7, 11) is 0. The van der Waals surface area contributed by atoms with Gasteiger partial charge in [-0.1, -0.05) is 18.2 Å². The number of amides is 1. The Morgan fingerprint density at radius 1 is 1.48 bits per heavy atom. The van der Waals surface area contributed by atoms with Gasteiger partial charge in [0.2, 0.25) is 5.91 Å². The molecule has 2 aromatic heterocycles. The van der Waals surface area contributed by atoms with Crippen molar-refractivity contribution in [2.45, 2.75) is 6.54 Å². The maximum absolute atomic E-state index is 12.4. The van der Waals surface area contributed by atoms with E-state index in [1.165, 1.54) is 0 Å². The van der Waals surface area contributed by atoms with E-state index in [1.807, 2.05) is 17.5 Å². The van der Waals surface area contributed by atoms with Gasteiger partial charge in [0.15, 0.2) is 10.6 Å². The van der Waals surface area contributed by atoms with Gasteiger partial charge in [0, 0.05) is 13.1 Å². The Labute approximate surface area is 132 Å². The largest absolute Gasteiger partial charge is 0.334 e. The van der Waals surface area contributed by atoms with E-state index in [0.717, 1.165) is 4.88 Å². The lowest BCUT2D eigenvalue weighted by Gasteiger charge is -2.19. The Bertz CT molecular complexity index is 674. The van der Waals surface area contributed by atoms with Crippen molar-refractivity contribution in [2.24, 2.45) is 0 Å². The van der Waals surface area contributed by atoms with Gasteiger partial charge in [-0.25, -0.2) is 0 Å². The Hall–Kier alpha value is -1.99. The molecule has 0 aliphatic heterocycles. The number of H-pyrrole nitrogens is 1. The van der Waals surface area contributed by atoms with E-state index >= 15 is 0 Å². The third-order valence-electron chi connectivity index (χ3n) is 2.84. The molecular formula is C14H16N4OS2. The number of hydrogen-bond donors (Lipinski definition) is 1. The number of thiophene rings is 1. The van der Waals surface area contributed by atoms with Crippen LogP contribution in [0.3, 0.4) is 0 Å². The van der Waals surface area contributed by atoms with Crippen molar-refractivity contribution in [1.82, 2.24) is 19.7 Å². The minimum absolute atomic E-state index is 0.0508. The normalized spacial score (nSPS) is 10.3. The average molecular weight is 320 g/mol. The summed E-state index contributed by atoms with van der Waals surface area (Å²) in [5.74, 6) is 0.630. The van der Waals surface area contributed by atoms with Crippen molar-refractivity contribution in [3.05, 3.63) is 47.6 Å². The fraction of sp³-hybridized carbons (Fsp3) is 0.214. The van der Waals surface area contributed by atoms with Crippen molar-refractivity contribution < 1.29 is 4.79 Å². The summed E-state index contributed by atoms with van der Waals surface area (Å²) in [6.45, 7) is 8.43. The van der Waals surface area contributed by atoms with Crippen molar-refractivity contribution in [1.29, 1.82) is 0 Å². The summed E-state index contributed by atoms with van der Waals surface area (Å²) < 4.78 is 2.15. The molecule has 0 radical (unpaired) electrons. The average Bonchev–Trinajstić information content (AvgIpc) is 3.09. The highest BCUT2D eigenvalue weighted by Crippen LogP contribution is 2.22. The minimum atomic E-state index is -0.0508. The fourth-order valence-corrected chi connectivity index (χ4v) is 2.80. The van der Waals surface area contributed by atoms with E-state index in [1.54, 1.807) is 33.0 Å². The molecule has 0 aromatic carbocycles. The van der Waals surface area contributed by atoms with Gasteiger partial charge in [0.25, 0.3) is 0 Å². The van der Waals surface area contributed by atoms with Crippen molar-refractivity contribution in [3.63, 3.8) is 0 Å². The van der Waals surface area contributed by atoms with Crippen molar-refractivity contribution in [2.75, 3.05) is 13.1 Å². The maximum atomic E-state index is 12.4. The molecule has 0 atom stereocenters. The SMILES string of the molecule is C=CCN(CC=C)C(=O)Cn1c(-c2cccs2)n[nH]c1=S. The smallest absolute Gasteiger partial charge is 0.243 e. The van der Waals surface area contributed by atoms with Crippen molar-refractivity contribution >= 4 is 29.5 Å². The number of aromatic amines is 1. The Morgan fingerprint density at radius 2 is 2.19 bits per heavy atom. The van der Waals surface area contributed by atoms with Gasteiger partial charge in [-0.15, -0.1) is 24.5 Å². The van der Waals surface area contributed by atoms with Crippen LogP contribution in [-0.4, -0.2) is 38.7 Å². The molecule has 0 aliphatic rings. The molecule has 21 heavy (non-hydrogen) atoms. The number of rotatable bonds is 7. The second-order valence-electron chi connectivity index (χ2n) is 4.29. The first kappa shape index (κ1) is 15.4. The summed E-state index contributed by atoms with van der Waals surface area (Å²) in [4.78, 5) is 15.0. The van der Waals surface area contributed by atoms with E-state index in [9.17, 15) is 4.79 Å². The zero-order valence-corrected chi connectivity index (χ0v) is 13.1. The molecule has 0 saturated carbocycles. The monoisotopic (exact) mass is 320 g/mol. The van der Waals surface area contributed by atoms with Crippen LogP contribution in [0.1, 0.15) is 0 Å². The highest BCUT2D eigenvalue weighted by Gasteiger charge is 2.16. The summed E-state index contributed by atoms with van der Waals surface area (Å²) in [6.07, 6.45) is 3.38. The highest BCUT2D eigenvalue weighted by molar-refractivity contribution is 7.71.